The molecule has 23 heavy (non-hydrogen) atoms. The second-order valence-corrected chi connectivity index (χ2v) is 4.69. The second kappa shape index (κ2) is 23.6. The summed E-state index contributed by atoms with van der Waals surface area (Å²) in [4.78, 5) is 0. The zero-order chi connectivity index (χ0) is 17.1. The fourth-order valence-corrected chi connectivity index (χ4v) is 0.961. The van der Waals surface area contributed by atoms with Gasteiger partial charge in [0.15, 0.2) is 0 Å². The maximum Gasteiger partial charge on any atom is 0.0715 e. The van der Waals surface area contributed by atoms with E-state index in [4.69, 9.17) is 0 Å². The van der Waals surface area contributed by atoms with Crippen LogP contribution in [0.1, 0.15) is 64.9 Å². The Bertz CT molecular complexity index is 377. The van der Waals surface area contributed by atoms with Crippen LogP contribution in [0.15, 0.2) is 36.2 Å². The summed E-state index contributed by atoms with van der Waals surface area (Å²) < 4.78 is 0. The molecule has 0 saturated heterocycles. The first-order valence-electron chi connectivity index (χ1n) is 8.30. The van der Waals surface area contributed by atoms with Gasteiger partial charge in [0.1, 0.15) is 0 Å². The summed E-state index contributed by atoms with van der Waals surface area (Å²) >= 11 is 0. The third-order valence-electron chi connectivity index (χ3n) is 2.51. The Labute approximate surface area is 162 Å². The molecule has 2 rings (SSSR count). The van der Waals surface area contributed by atoms with Crippen molar-refractivity contribution in [2.75, 3.05) is 0 Å². The summed E-state index contributed by atoms with van der Waals surface area (Å²) in [6, 6.07) is 8.00. The van der Waals surface area contributed by atoms with E-state index in [1.165, 1.54) is 19.3 Å². The third kappa shape index (κ3) is 19.3. The first kappa shape index (κ1) is 27.2. The molecular formula is C21H33NSn. The number of para-hydroxylation sites is 1. The number of rotatable bonds is 3. The summed E-state index contributed by atoms with van der Waals surface area (Å²) in [5.74, 6) is 0. The van der Waals surface area contributed by atoms with Crippen molar-refractivity contribution in [2.24, 2.45) is 0 Å². The van der Waals surface area contributed by atoms with E-state index < -0.39 is 0 Å². The number of hydrogen-bond acceptors (Lipinski definition) is 0. The summed E-state index contributed by atoms with van der Waals surface area (Å²) in [7, 11) is 0. The number of fused-ring (bicyclic) bond motifs is 1. The maximum atomic E-state index is 4.13. The van der Waals surface area contributed by atoms with E-state index in [0.717, 1.165) is 30.5 Å². The van der Waals surface area contributed by atoms with Crippen LogP contribution in [0.4, 0.5) is 5.69 Å². The summed E-state index contributed by atoms with van der Waals surface area (Å²) in [5, 5.41) is 4.13. The van der Waals surface area contributed by atoms with Gasteiger partial charge in [0.25, 0.3) is 0 Å². The van der Waals surface area contributed by atoms with Crippen molar-refractivity contribution >= 4 is 35.7 Å². The van der Waals surface area contributed by atoms with Crippen LogP contribution in [0, 0.1) is 20.8 Å². The predicted molar refractivity (Wildman–Crippen MR) is 107 cm³/mol. The second-order valence-electron chi connectivity index (χ2n) is 4.69. The van der Waals surface area contributed by atoms with Gasteiger partial charge in [0.05, 0.1) is 11.9 Å². The van der Waals surface area contributed by atoms with Gasteiger partial charge in [-0.2, -0.15) is 0 Å². The van der Waals surface area contributed by atoms with E-state index in [0.29, 0.717) is 0 Å². The first-order valence-corrected chi connectivity index (χ1v) is 8.30. The first-order chi connectivity index (χ1) is 10.7. The van der Waals surface area contributed by atoms with E-state index >= 15 is 0 Å². The molecule has 0 N–H and O–H groups in total. The van der Waals surface area contributed by atoms with Crippen LogP contribution in [0.25, 0.3) is 6.08 Å². The molecule has 1 aliphatic heterocycles. The number of unbranched alkanes of at least 4 members (excludes halogenated alkanes) is 3. The largest absolute Gasteiger partial charge is 0.248 e. The Hall–Kier alpha value is -0.661. The zero-order valence-electron chi connectivity index (χ0n) is 15.3. The molecule has 1 aromatic carbocycles. The van der Waals surface area contributed by atoms with Crippen LogP contribution in [0.3, 0.4) is 0 Å². The smallest absolute Gasteiger partial charge is 0.0715 e. The van der Waals surface area contributed by atoms with Gasteiger partial charge < -0.3 is 0 Å². The minimum Gasteiger partial charge on any atom is -0.248 e. The summed E-state index contributed by atoms with van der Waals surface area (Å²) in [6.45, 7) is 17.2. The molecule has 1 aromatic rings. The molecular weight excluding hydrogens is 385 g/mol. The van der Waals surface area contributed by atoms with Gasteiger partial charge in [-0.3, -0.25) is 0 Å². The molecule has 126 valence electrons. The molecule has 2 heteroatoms. The van der Waals surface area contributed by atoms with E-state index in [2.05, 4.69) is 52.6 Å². The SMILES string of the molecule is C1=C[N]c2ccccc2C=1.[CH2]CCC.[CH2]CCC.[CH2]CCC.[Sn]. The van der Waals surface area contributed by atoms with Crippen molar-refractivity contribution in [1.29, 1.82) is 0 Å². The molecule has 0 unspecified atom stereocenters. The van der Waals surface area contributed by atoms with Crippen molar-refractivity contribution in [1.82, 2.24) is 5.32 Å². The quantitative estimate of drug-likeness (QED) is 0.391. The normalized spacial score (nSPS) is 9.30. The fraction of sp³-hybridized carbons (Fsp3) is 0.429. The van der Waals surface area contributed by atoms with Crippen LogP contribution in [0.5, 0.6) is 0 Å². The standard InChI is InChI=1S/C9H6N.3C4H9.Sn/c1-2-6-9-8(4-1)5-3-7-10-9;3*1-3-4-2;/h1-2,4-7H;3*1,3-4H2,2H3;. The zero-order valence-corrected chi connectivity index (χ0v) is 18.1. The van der Waals surface area contributed by atoms with Gasteiger partial charge in [-0.05, 0) is 12.1 Å². The molecule has 1 heterocycles. The van der Waals surface area contributed by atoms with Gasteiger partial charge in [-0.25, -0.2) is 5.32 Å². The van der Waals surface area contributed by atoms with Crippen molar-refractivity contribution in [3.05, 3.63) is 62.5 Å². The monoisotopic (exact) mass is 419 g/mol. The molecule has 0 atom stereocenters. The van der Waals surface area contributed by atoms with E-state index in [-0.39, 0.29) is 23.9 Å². The average molecular weight is 418 g/mol. The van der Waals surface area contributed by atoms with Gasteiger partial charge in [0.2, 0.25) is 0 Å². The Balaban J connectivity index is -0.000000264. The van der Waals surface area contributed by atoms with Crippen molar-refractivity contribution in [3.8, 4) is 0 Å². The van der Waals surface area contributed by atoms with Crippen molar-refractivity contribution in [3.63, 3.8) is 0 Å². The number of benzene rings is 1. The Morgan fingerprint density at radius 1 is 0.870 bits per heavy atom. The topological polar surface area (TPSA) is 14.1 Å². The Morgan fingerprint density at radius 3 is 1.70 bits per heavy atom. The molecule has 1 nitrogen and oxygen atoms in total. The molecule has 0 aromatic heterocycles. The van der Waals surface area contributed by atoms with E-state index in [1.54, 1.807) is 6.20 Å². The van der Waals surface area contributed by atoms with E-state index in [9.17, 15) is 0 Å². The average Bonchev–Trinajstić information content (AvgIpc) is 2.62. The molecule has 8 radical (unpaired) electrons. The summed E-state index contributed by atoms with van der Waals surface area (Å²) in [6.07, 6.45) is 10.4. The van der Waals surface area contributed by atoms with Crippen LogP contribution in [-0.2, 0) is 0 Å². The predicted octanol–water partition coefficient (Wildman–Crippen LogP) is 6.54. The summed E-state index contributed by atoms with van der Waals surface area (Å²) in [5.41, 5.74) is 5.10. The molecule has 0 fully saturated rings. The number of hydrogen-bond donors (Lipinski definition) is 0. The van der Waals surface area contributed by atoms with Crippen LogP contribution in [0.2, 0.25) is 0 Å². The Morgan fingerprint density at radius 2 is 1.30 bits per heavy atom. The minimum absolute atomic E-state index is 0. The Kier molecular flexibility index (Phi) is 27.9. The molecule has 1 aliphatic rings. The maximum absolute atomic E-state index is 4.13. The molecule has 0 spiro atoms. The van der Waals surface area contributed by atoms with Crippen molar-refractivity contribution < 1.29 is 0 Å². The minimum atomic E-state index is 0. The van der Waals surface area contributed by atoms with Gasteiger partial charge in [-0.1, -0.05) is 98.3 Å². The molecule has 0 bridgehead atoms. The molecule has 0 amide bonds. The van der Waals surface area contributed by atoms with Crippen LogP contribution >= 0.6 is 0 Å². The van der Waals surface area contributed by atoms with Gasteiger partial charge >= 0.3 is 0 Å². The third-order valence-corrected chi connectivity index (χ3v) is 2.51. The van der Waals surface area contributed by atoms with Crippen LogP contribution < -0.4 is 5.32 Å². The van der Waals surface area contributed by atoms with Gasteiger partial charge in [0, 0.05) is 29.5 Å². The van der Waals surface area contributed by atoms with Crippen molar-refractivity contribution in [2.45, 2.75) is 59.3 Å². The molecule has 0 aliphatic carbocycles. The molecule has 0 saturated carbocycles. The van der Waals surface area contributed by atoms with Gasteiger partial charge in [-0.15, -0.1) is 5.73 Å². The van der Waals surface area contributed by atoms with Crippen LogP contribution in [-0.4, -0.2) is 23.9 Å². The fourth-order valence-electron chi connectivity index (χ4n) is 0.961. The van der Waals surface area contributed by atoms with E-state index in [1.807, 2.05) is 30.3 Å². The number of nitrogens with zero attached hydrogens (tertiary/aromatic N) is 1.